The second kappa shape index (κ2) is 10.8. The molecule has 0 unspecified atom stereocenters. The second-order valence-corrected chi connectivity index (χ2v) is 9.52. The van der Waals surface area contributed by atoms with Gasteiger partial charge in [0.1, 0.15) is 18.0 Å². The van der Waals surface area contributed by atoms with Gasteiger partial charge in [0.2, 0.25) is 11.8 Å². The quantitative estimate of drug-likeness (QED) is 0.516. The molecule has 0 saturated carbocycles. The molecule has 3 N–H and O–H groups in total. The van der Waals surface area contributed by atoms with Crippen LogP contribution in [0, 0.1) is 0 Å². The molecular weight excluding hydrogens is 460 g/mol. The topological polar surface area (TPSA) is 108 Å². The molecule has 2 aliphatic heterocycles. The third-order valence-electron chi connectivity index (χ3n) is 7.18. The third-order valence-corrected chi connectivity index (χ3v) is 7.18. The number of ether oxygens (including phenoxy) is 2. The largest absolute Gasteiger partial charge is 0.486 e. The van der Waals surface area contributed by atoms with Gasteiger partial charge in [-0.2, -0.15) is 0 Å². The average Bonchev–Trinajstić information content (AvgIpc) is 3.55. The number of nitrogens with zero attached hydrogens (tertiary/aromatic N) is 1. The number of carbonyl (C=O) groups excluding carboxylic acids is 2. The van der Waals surface area contributed by atoms with Crippen LogP contribution < -0.4 is 10.1 Å². The number of nitrogens with one attached hydrogen (secondary N) is 1. The van der Waals surface area contributed by atoms with Crippen molar-refractivity contribution < 1.29 is 29.3 Å². The van der Waals surface area contributed by atoms with E-state index < -0.39 is 24.2 Å². The Morgan fingerprint density at radius 3 is 2.61 bits per heavy atom. The third kappa shape index (κ3) is 4.89. The van der Waals surface area contributed by atoms with E-state index in [4.69, 9.17) is 9.47 Å². The van der Waals surface area contributed by atoms with Gasteiger partial charge in [0.15, 0.2) is 0 Å². The minimum Gasteiger partial charge on any atom is -0.486 e. The van der Waals surface area contributed by atoms with Gasteiger partial charge >= 0.3 is 0 Å². The number of hydrogen-bond acceptors (Lipinski definition) is 6. The summed E-state index contributed by atoms with van der Waals surface area (Å²) < 4.78 is 12.0. The van der Waals surface area contributed by atoms with E-state index in [0.29, 0.717) is 24.5 Å². The maximum absolute atomic E-state index is 13.7. The van der Waals surface area contributed by atoms with E-state index in [9.17, 15) is 19.8 Å². The number of fused-ring (bicyclic) bond motifs is 3. The summed E-state index contributed by atoms with van der Waals surface area (Å²) >= 11 is 0. The molecule has 2 aromatic rings. The lowest BCUT2D eigenvalue weighted by Gasteiger charge is -2.41. The van der Waals surface area contributed by atoms with Gasteiger partial charge in [-0.15, -0.1) is 0 Å². The van der Waals surface area contributed by atoms with E-state index in [2.05, 4.69) is 5.32 Å². The summed E-state index contributed by atoms with van der Waals surface area (Å²) in [6.07, 6.45) is 1.75. The molecule has 3 aliphatic rings. The van der Waals surface area contributed by atoms with Crippen LogP contribution in [-0.4, -0.2) is 77.6 Å². The van der Waals surface area contributed by atoms with Gasteiger partial charge in [0, 0.05) is 30.8 Å². The fourth-order valence-electron chi connectivity index (χ4n) is 5.46. The average molecular weight is 493 g/mol. The Balaban J connectivity index is 1.51. The van der Waals surface area contributed by atoms with E-state index in [1.54, 1.807) is 11.0 Å². The summed E-state index contributed by atoms with van der Waals surface area (Å²) in [5, 5.41) is 23.6. The summed E-state index contributed by atoms with van der Waals surface area (Å²) in [5.41, 5.74) is 2.13. The Morgan fingerprint density at radius 2 is 1.86 bits per heavy atom. The van der Waals surface area contributed by atoms with Gasteiger partial charge in [0.25, 0.3) is 0 Å². The van der Waals surface area contributed by atoms with Gasteiger partial charge in [0.05, 0.1) is 31.1 Å². The van der Waals surface area contributed by atoms with Crippen LogP contribution in [-0.2, 0) is 20.7 Å². The molecule has 8 heteroatoms. The lowest BCUT2D eigenvalue weighted by molar-refractivity contribution is -0.138. The molecule has 36 heavy (non-hydrogen) atoms. The van der Waals surface area contributed by atoms with Crippen molar-refractivity contribution in [1.82, 2.24) is 10.2 Å². The number of benzene rings is 2. The van der Waals surface area contributed by atoms with E-state index in [-0.39, 0.29) is 37.5 Å². The van der Waals surface area contributed by atoms with Crippen molar-refractivity contribution >= 4 is 11.8 Å². The Bertz CT molecular complexity index is 1110. The maximum atomic E-state index is 13.7. The van der Waals surface area contributed by atoms with Crippen LogP contribution in [0.1, 0.15) is 29.9 Å². The number of hydrogen-bond donors (Lipinski definition) is 3. The Labute approximate surface area is 210 Å². The zero-order valence-corrected chi connectivity index (χ0v) is 20.1. The van der Waals surface area contributed by atoms with E-state index in [0.717, 1.165) is 24.0 Å². The van der Waals surface area contributed by atoms with E-state index in [1.807, 2.05) is 54.6 Å². The zero-order chi connectivity index (χ0) is 25.1. The predicted molar refractivity (Wildman–Crippen MR) is 132 cm³/mol. The molecule has 0 aromatic heterocycles. The Hall–Kier alpha value is -3.20. The predicted octanol–water partition coefficient (Wildman–Crippen LogP) is 1.56. The molecule has 0 radical (unpaired) electrons. The van der Waals surface area contributed by atoms with Crippen LogP contribution >= 0.6 is 0 Å². The normalized spacial score (nSPS) is 26.4. The van der Waals surface area contributed by atoms with Crippen molar-refractivity contribution in [3.8, 4) is 5.75 Å². The second-order valence-electron chi connectivity index (χ2n) is 9.52. The SMILES string of the molecule is O=C(NCCO)C1=C[C@@H](N(C[C@H]2CCCO2)C(=O)Cc2ccccc2)[C@H](O)[C@H]2Oc3ccccc3[C@@H]12. The highest BCUT2D eigenvalue weighted by molar-refractivity contribution is 5.96. The first-order valence-electron chi connectivity index (χ1n) is 12.6. The van der Waals surface area contributed by atoms with Crippen molar-refractivity contribution in [2.45, 2.75) is 49.5 Å². The van der Waals surface area contributed by atoms with Gasteiger partial charge in [-0.25, -0.2) is 0 Å². The van der Waals surface area contributed by atoms with Crippen molar-refractivity contribution in [3.63, 3.8) is 0 Å². The number of aliphatic hydroxyl groups excluding tert-OH is 2. The summed E-state index contributed by atoms with van der Waals surface area (Å²) in [6.45, 7) is 0.884. The molecule has 8 nitrogen and oxygen atoms in total. The summed E-state index contributed by atoms with van der Waals surface area (Å²) in [4.78, 5) is 28.5. The van der Waals surface area contributed by atoms with Crippen LogP contribution in [0.25, 0.3) is 0 Å². The van der Waals surface area contributed by atoms with Gasteiger partial charge in [-0.05, 0) is 30.5 Å². The lowest BCUT2D eigenvalue weighted by Crippen LogP contribution is -2.57. The van der Waals surface area contributed by atoms with E-state index >= 15 is 0 Å². The van der Waals surface area contributed by atoms with Crippen molar-refractivity contribution in [2.75, 3.05) is 26.3 Å². The van der Waals surface area contributed by atoms with Gasteiger partial charge in [-0.3, -0.25) is 9.59 Å². The highest BCUT2D eigenvalue weighted by atomic mass is 16.5. The number of para-hydroxylation sites is 1. The van der Waals surface area contributed by atoms with Crippen LogP contribution in [0.5, 0.6) is 5.75 Å². The lowest BCUT2D eigenvalue weighted by atomic mass is 9.77. The molecule has 2 aromatic carbocycles. The van der Waals surface area contributed by atoms with Crippen LogP contribution in [0.4, 0.5) is 0 Å². The number of amides is 2. The van der Waals surface area contributed by atoms with Crippen molar-refractivity contribution in [3.05, 3.63) is 77.4 Å². The minimum atomic E-state index is -1.04. The zero-order valence-electron chi connectivity index (χ0n) is 20.1. The molecule has 5 atom stereocenters. The van der Waals surface area contributed by atoms with E-state index in [1.165, 1.54) is 0 Å². The summed E-state index contributed by atoms with van der Waals surface area (Å²) in [5.74, 6) is -0.348. The minimum absolute atomic E-state index is 0.107. The molecule has 190 valence electrons. The van der Waals surface area contributed by atoms with Crippen LogP contribution in [0.2, 0.25) is 0 Å². The molecule has 1 aliphatic carbocycles. The first-order chi connectivity index (χ1) is 17.6. The smallest absolute Gasteiger partial charge is 0.247 e. The Morgan fingerprint density at radius 1 is 1.08 bits per heavy atom. The fourth-order valence-corrected chi connectivity index (χ4v) is 5.46. The summed E-state index contributed by atoms with van der Waals surface area (Å²) in [6, 6.07) is 16.1. The number of carbonyl (C=O) groups is 2. The van der Waals surface area contributed by atoms with Gasteiger partial charge < -0.3 is 29.9 Å². The fraction of sp³-hybridized carbons (Fsp3) is 0.429. The Kier molecular flexibility index (Phi) is 7.36. The monoisotopic (exact) mass is 492 g/mol. The van der Waals surface area contributed by atoms with Gasteiger partial charge in [-0.1, -0.05) is 48.5 Å². The molecule has 2 amide bonds. The first kappa shape index (κ1) is 24.5. The molecule has 2 heterocycles. The summed E-state index contributed by atoms with van der Waals surface area (Å²) in [7, 11) is 0. The standard InChI is InChI=1S/C28H32N2O6/c31-13-12-29-28(34)21-16-22(26(33)27-25(21)20-10-4-5-11-23(20)36-27)30(17-19-9-6-14-35-19)24(32)15-18-7-2-1-3-8-18/h1-5,7-8,10-11,16,19,22,25-27,31,33H,6,9,12-15,17H2,(H,29,34)/t19-,22-,25+,26+,27+/m1/s1. The highest BCUT2D eigenvalue weighted by Gasteiger charge is 2.50. The van der Waals surface area contributed by atoms with Crippen LogP contribution in [0.3, 0.4) is 0 Å². The first-order valence-corrected chi connectivity index (χ1v) is 12.6. The molecular formula is C28H32N2O6. The molecule has 1 fully saturated rings. The number of rotatable bonds is 8. The highest BCUT2D eigenvalue weighted by Crippen LogP contribution is 2.47. The van der Waals surface area contributed by atoms with Crippen molar-refractivity contribution in [1.29, 1.82) is 0 Å². The van der Waals surface area contributed by atoms with Crippen LogP contribution in [0.15, 0.2) is 66.2 Å². The molecule has 1 saturated heterocycles. The molecule has 0 bridgehead atoms. The maximum Gasteiger partial charge on any atom is 0.247 e. The molecule has 5 rings (SSSR count). The number of aliphatic hydroxyl groups is 2. The van der Waals surface area contributed by atoms with Crippen molar-refractivity contribution in [2.24, 2.45) is 0 Å². The molecule has 0 spiro atoms.